The predicted molar refractivity (Wildman–Crippen MR) is 76.0 cm³/mol. The van der Waals surface area contributed by atoms with Gasteiger partial charge < -0.3 is 5.11 Å². The van der Waals surface area contributed by atoms with E-state index in [0.717, 1.165) is 22.0 Å². The number of aliphatic hydroxyl groups excluding tert-OH is 1. The van der Waals surface area contributed by atoms with Gasteiger partial charge in [0.15, 0.2) is 0 Å². The van der Waals surface area contributed by atoms with Gasteiger partial charge in [0.05, 0.1) is 5.52 Å². The molecular weight excluding hydrogens is 236 g/mol. The van der Waals surface area contributed by atoms with Gasteiger partial charge in [-0.25, -0.2) is 0 Å². The number of aryl methyl sites for hydroxylation is 2. The third-order valence-electron chi connectivity index (χ3n) is 3.53. The highest BCUT2D eigenvalue weighted by Crippen LogP contribution is 2.29. The molecule has 1 N–H and O–H groups in total. The lowest BCUT2D eigenvalue weighted by atomic mass is 9.99. The lowest BCUT2D eigenvalue weighted by Gasteiger charge is -2.11. The third kappa shape index (κ3) is 1.92. The molecule has 96 valence electrons. The summed E-state index contributed by atoms with van der Waals surface area (Å²) in [5.41, 5.74) is 3.73. The fourth-order valence-corrected chi connectivity index (χ4v) is 2.48. The molecule has 3 rings (SSSR count). The Morgan fingerprint density at radius 2 is 1.74 bits per heavy atom. The van der Waals surface area contributed by atoms with Crippen molar-refractivity contribution in [3.8, 4) is 0 Å². The second-order valence-corrected chi connectivity index (χ2v) is 4.79. The van der Waals surface area contributed by atoms with Gasteiger partial charge in [0.1, 0.15) is 11.8 Å². The van der Waals surface area contributed by atoms with Crippen LogP contribution in [0.25, 0.3) is 10.9 Å². The van der Waals surface area contributed by atoms with E-state index in [1.165, 1.54) is 0 Å². The van der Waals surface area contributed by atoms with E-state index in [0.29, 0.717) is 5.69 Å². The Balaban J connectivity index is 2.17. The van der Waals surface area contributed by atoms with Crippen LogP contribution in [-0.4, -0.2) is 14.9 Å². The number of hydrogen-bond donors (Lipinski definition) is 1. The van der Waals surface area contributed by atoms with Crippen molar-refractivity contribution in [3.63, 3.8) is 0 Å². The monoisotopic (exact) mass is 252 g/mol. The molecule has 0 radical (unpaired) electrons. The highest BCUT2D eigenvalue weighted by atomic mass is 16.3. The maximum atomic E-state index is 10.6. The van der Waals surface area contributed by atoms with Gasteiger partial charge in [-0.3, -0.25) is 4.68 Å². The average Bonchev–Trinajstić information content (AvgIpc) is 2.77. The molecule has 0 aliphatic carbocycles. The van der Waals surface area contributed by atoms with Crippen molar-refractivity contribution in [1.82, 2.24) is 9.78 Å². The van der Waals surface area contributed by atoms with Gasteiger partial charge in [0.25, 0.3) is 0 Å². The highest BCUT2D eigenvalue weighted by Gasteiger charge is 2.19. The molecule has 3 heteroatoms. The minimum absolute atomic E-state index is 0.688. The van der Waals surface area contributed by atoms with Crippen LogP contribution in [0.3, 0.4) is 0 Å². The smallest absolute Gasteiger partial charge is 0.124 e. The Morgan fingerprint density at radius 3 is 2.53 bits per heavy atom. The van der Waals surface area contributed by atoms with Crippen LogP contribution in [0.5, 0.6) is 0 Å². The quantitative estimate of drug-likeness (QED) is 0.761. The van der Waals surface area contributed by atoms with E-state index < -0.39 is 6.10 Å². The van der Waals surface area contributed by atoms with Crippen LogP contribution >= 0.6 is 0 Å². The fourth-order valence-electron chi connectivity index (χ4n) is 2.48. The number of nitrogens with zero attached hydrogens (tertiary/aromatic N) is 2. The summed E-state index contributed by atoms with van der Waals surface area (Å²) in [5, 5.41) is 16.1. The standard InChI is InChI=1S/C16H16N2O/c1-11-7-3-4-8-12(11)16(19)15-13-9-5-6-10-14(13)18(2)17-15/h3-10,16,19H,1-2H3. The van der Waals surface area contributed by atoms with E-state index in [-0.39, 0.29) is 0 Å². The minimum atomic E-state index is -0.688. The predicted octanol–water partition coefficient (Wildman–Crippen LogP) is 2.96. The summed E-state index contributed by atoms with van der Waals surface area (Å²) in [4.78, 5) is 0. The molecule has 1 aromatic heterocycles. The number of fused-ring (bicyclic) bond motifs is 1. The average molecular weight is 252 g/mol. The highest BCUT2D eigenvalue weighted by molar-refractivity contribution is 5.82. The molecule has 0 amide bonds. The lowest BCUT2D eigenvalue weighted by molar-refractivity contribution is 0.215. The van der Waals surface area contributed by atoms with E-state index in [2.05, 4.69) is 5.10 Å². The zero-order valence-electron chi connectivity index (χ0n) is 11.0. The fraction of sp³-hybridized carbons (Fsp3) is 0.188. The molecule has 0 fully saturated rings. The molecule has 0 spiro atoms. The molecule has 1 unspecified atom stereocenters. The van der Waals surface area contributed by atoms with Crippen molar-refractivity contribution in [3.05, 3.63) is 65.4 Å². The number of aliphatic hydroxyl groups is 1. The number of benzene rings is 2. The van der Waals surface area contributed by atoms with Gasteiger partial charge in [-0.05, 0) is 24.1 Å². The third-order valence-corrected chi connectivity index (χ3v) is 3.53. The van der Waals surface area contributed by atoms with Crippen molar-refractivity contribution in [1.29, 1.82) is 0 Å². The first kappa shape index (κ1) is 11.9. The van der Waals surface area contributed by atoms with E-state index in [9.17, 15) is 5.11 Å². The van der Waals surface area contributed by atoms with E-state index in [1.807, 2.05) is 67.2 Å². The van der Waals surface area contributed by atoms with Crippen LogP contribution in [0.4, 0.5) is 0 Å². The Hall–Kier alpha value is -2.13. The molecule has 1 atom stereocenters. The largest absolute Gasteiger partial charge is 0.382 e. The van der Waals surface area contributed by atoms with Crippen LogP contribution in [0.15, 0.2) is 48.5 Å². The van der Waals surface area contributed by atoms with Gasteiger partial charge in [-0.2, -0.15) is 5.10 Å². The molecule has 0 saturated heterocycles. The number of rotatable bonds is 2. The van der Waals surface area contributed by atoms with E-state index in [1.54, 1.807) is 0 Å². The topological polar surface area (TPSA) is 38.1 Å². The second-order valence-electron chi connectivity index (χ2n) is 4.79. The molecule has 2 aromatic carbocycles. The molecule has 3 nitrogen and oxygen atoms in total. The number of para-hydroxylation sites is 1. The van der Waals surface area contributed by atoms with Crippen molar-refractivity contribution >= 4 is 10.9 Å². The summed E-state index contributed by atoms with van der Waals surface area (Å²) in [6.07, 6.45) is -0.688. The molecule has 0 aliphatic rings. The van der Waals surface area contributed by atoms with Crippen molar-refractivity contribution < 1.29 is 5.11 Å². The second kappa shape index (κ2) is 4.52. The van der Waals surface area contributed by atoms with E-state index >= 15 is 0 Å². The van der Waals surface area contributed by atoms with Crippen LogP contribution in [0.2, 0.25) is 0 Å². The summed E-state index contributed by atoms with van der Waals surface area (Å²) in [7, 11) is 1.90. The number of hydrogen-bond acceptors (Lipinski definition) is 2. The summed E-state index contributed by atoms with van der Waals surface area (Å²) >= 11 is 0. The lowest BCUT2D eigenvalue weighted by Crippen LogP contribution is -2.03. The van der Waals surface area contributed by atoms with Crippen molar-refractivity contribution in [2.75, 3.05) is 0 Å². The van der Waals surface area contributed by atoms with Gasteiger partial charge in [-0.1, -0.05) is 42.5 Å². The first-order valence-electron chi connectivity index (χ1n) is 6.33. The maximum absolute atomic E-state index is 10.6. The Bertz CT molecular complexity index is 730. The molecule has 0 aliphatic heterocycles. The molecule has 1 heterocycles. The number of aromatic nitrogens is 2. The van der Waals surface area contributed by atoms with Crippen molar-refractivity contribution in [2.24, 2.45) is 7.05 Å². The Morgan fingerprint density at radius 1 is 1.05 bits per heavy atom. The minimum Gasteiger partial charge on any atom is -0.382 e. The summed E-state index contributed by atoms with van der Waals surface area (Å²) in [5.74, 6) is 0. The first-order chi connectivity index (χ1) is 9.18. The van der Waals surface area contributed by atoms with Gasteiger partial charge in [0.2, 0.25) is 0 Å². The molecule has 3 aromatic rings. The summed E-state index contributed by atoms with van der Waals surface area (Å²) in [6, 6.07) is 15.8. The summed E-state index contributed by atoms with van der Waals surface area (Å²) in [6.45, 7) is 2.00. The zero-order chi connectivity index (χ0) is 13.4. The van der Waals surface area contributed by atoms with Crippen LogP contribution in [0.1, 0.15) is 22.9 Å². The van der Waals surface area contributed by atoms with Crippen molar-refractivity contribution in [2.45, 2.75) is 13.0 Å². The van der Waals surface area contributed by atoms with Crippen LogP contribution < -0.4 is 0 Å². The van der Waals surface area contributed by atoms with Gasteiger partial charge in [-0.15, -0.1) is 0 Å². The Labute approximate surface area is 112 Å². The Kier molecular flexibility index (Phi) is 2.84. The molecular formula is C16H16N2O. The molecule has 0 saturated carbocycles. The SMILES string of the molecule is Cc1ccccc1C(O)c1nn(C)c2ccccc12. The normalized spacial score (nSPS) is 12.8. The maximum Gasteiger partial charge on any atom is 0.124 e. The first-order valence-corrected chi connectivity index (χ1v) is 6.33. The van der Waals surface area contributed by atoms with Crippen LogP contribution in [0, 0.1) is 6.92 Å². The molecule has 19 heavy (non-hydrogen) atoms. The molecule has 0 bridgehead atoms. The zero-order valence-corrected chi connectivity index (χ0v) is 11.0. The van der Waals surface area contributed by atoms with Gasteiger partial charge in [0, 0.05) is 12.4 Å². The summed E-state index contributed by atoms with van der Waals surface area (Å²) < 4.78 is 1.81. The van der Waals surface area contributed by atoms with E-state index in [4.69, 9.17) is 0 Å². The van der Waals surface area contributed by atoms with Gasteiger partial charge >= 0.3 is 0 Å². The van der Waals surface area contributed by atoms with Crippen LogP contribution in [-0.2, 0) is 7.05 Å².